The maximum absolute atomic E-state index is 12.7. The summed E-state index contributed by atoms with van der Waals surface area (Å²) in [6.07, 6.45) is 6.88. The summed E-state index contributed by atoms with van der Waals surface area (Å²) in [5.74, 6) is 0.953. The molecular weight excluding hydrogens is 240 g/mol. The summed E-state index contributed by atoms with van der Waals surface area (Å²) in [7, 11) is 1.96. The molecule has 1 aromatic heterocycles. The van der Waals surface area contributed by atoms with Crippen LogP contribution in [0.5, 0.6) is 0 Å². The molecule has 1 atom stereocenters. The highest BCUT2D eigenvalue weighted by atomic mass is 16.3. The van der Waals surface area contributed by atoms with Crippen molar-refractivity contribution in [3.8, 4) is 0 Å². The van der Waals surface area contributed by atoms with E-state index in [2.05, 4.69) is 5.32 Å². The van der Waals surface area contributed by atoms with Gasteiger partial charge in [-0.25, -0.2) is 0 Å². The first kappa shape index (κ1) is 14.1. The number of hydrogen-bond donors (Lipinski definition) is 1. The second-order valence-electron chi connectivity index (χ2n) is 5.15. The molecule has 1 amide bonds. The molecule has 1 aliphatic rings. The van der Waals surface area contributed by atoms with E-state index in [1.54, 1.807) is 6.26 Å². The van der Waals surface area contributed by atoms with Gasteiger partial charge in [0.25, 0.3) is 5.91 Å². The third kappa shape index (κ3) is 3.18. The minimum atomic E-state index is 0.145. The molecule has 1 fully saturated rings. The van der Waals surface area contributed by atoms with Crippen LogP contribution in [0.25, 0.3) is 0 Å². The number of aryl methyl sites for hydroxylation is 1. The number of rotatable bonds is 5. The number of furan rings is 1. The Bertz CT molecular complexity index is 414. The van der Waals surface area contributed by atoms with Crippen LogP contribution in [0.2, 0.25) is 0 Å². The van der Waals surface area contributed by atoms with Crippen LogP contribution in [0.1, 0.15) is 48.7 Å². The molecule has 4 nitrogen and oxygen atoms in total. The average molecular weight is 264 g/mol. The van der Waals surface area contributed by atoms with E-state index in [1.807, 2.05) is 24.9 Å². The van der Waals surface area contributed by atoms with E-state index in [1.165, 1.54) is 6.42 Å². The normalized spacial score (nSPS) is 19.7. The second-order valence-corrected chi connectivity index (χ2v) is 5.15. The summed E-state index contributed by atoms with van der Waals surface area (Å²) in [5, 5.41) is 3.18. The van der Waals surface area contributed by atoms with Crippen LogP contribution in [0, 0.1) is 0 Å². The molecule has 0 saturated carbocycles. The van der Waals surface area contributed by atoms with Crippen LogP contribution in [0.4, 0.5) is 0 Å². The van der Waals surface area contributed by atoms with E-state index in [9.17, 15) is 4.79 Å². The number of nitrogens with one attached hydrogen (secondary N) is 1. The van der Waals surface area contributed by atoms with Crippen LogP contribution in [-0.4, -0.2) is 37.0 Å². The van der Waals surface area contributed by atoms with Crippen molar-refractivity contribution in [1.82, 2.24) is 10.2 Å². The van der Waals surface area contributed by atoms with E-state index in [-0.39, 0.29) is 5.91 Å². The molecule has 0 aromatic carbocycles. The van der Waals surface area contributed by atoms with Crippen LogP contribution in [0.15, 0.2) is 16.7 Å². The molecule has 0 spiro atoms. The topological polar surface area (TPSA) is 45.5 Å². The van der Waals surface area contributed by atoms with Gasteiger partial charge < -0.3 is 14.6 Å². The highest BCUT2D eigenvalue weighted by Crippen LogP contribution is 2.23. The quantitative estimate of drug-likeness (QED) is 0.888. The van der Waals surface area contributed by atoms with Crippen molar-refractivity contribution in [3.63, 3.8) is 0 Å². The van der Waals surface area contributed by atoms with Crippen LogP contribution < -0.4 is 5.32 Å². The Morgan fingerprint density at radius 1 is 1.53 bits per heavy atom. The maximum Gasteiger partial charge on any atom is 0.257 e. The Morgan fingerprint density at radius 2 is 2.37 bits per heavy atom. The summed E-state index contributed by atoms with van der Waals surface area (Å²) in [4.78, 5) is 14.7. The fourth-order valence-electron chi connectivity index (χ4n) is 2.84. The number of piperidine rings is 1. The third-order valence-electron chi connectivity index (χ3n) is 3.91. The SMILES string of the molecule is CCc1occc1C(=O)N1CCCCC1CCNC. The number of nitrogens with zero attached hydrogens (tertiary/aromatic N) is 1. The predicted molar refractivity (Wildman–Crippen MR) is 75.3 cm³/mol. The van der Waals surface area contributed by atoms with Crippen LogP contribution >= 0.6 is 0 Å². The zero-order valence-electron chi connectivity index (χ0n) is 11.9. The summed E-state index contributed by atoms with van der Waals surface area (Å²) >= 11 is 0. The molecule has 0 bridgehead atoms. The van der Waals surface area contributed by atoms with E-state index < -0.39 is 0 Å². The molecule has 0 aliphatic carbocycles. The van der Waals surface area contributed by atoms with Crippen LogP contribution in [0.3, 0.4) is 0 Å². The van der Waals surface area contributed by atoms with Gasteiger partial charge >= 0.3 is 0 Å². The van der Waals surface area contributed by atoms with Gasteiger partial charge in [-0.3, -0.25) is 4.79 Å². The molecule has 1 unspecified atom stereocenters. The molecule has 4 heteroatoms. The zero-order chi connectivity index (χ0) is 13.7. The van der Waals surface area contributed by atoms with Gasteiger partial charge in [0.15, 0.2) is 0 Å². The van der Waals surface area contributed by atoms with E-state index in [4.69, 9.17) is 4.42 Å². The number of carbonyl (C=O) groups excluding carboxylic acids is 1. The standard InChI is InChI=1S/C15H24N2O2/c1-3-14-13(8-11-19-14)15(18)17-10-5-4-6-12(17)7-9-16-2/h8,11-12,16H,3-7,9-10H2,1-2H3. The zero-order valence-corrected chi connectivity index (χ0v) is 11.9. The molecule has 0 radical (unpaired) electrons. The first-order chi connectivity index (χ1) is 9.27. The van der Waals surface area contributed by atoms with Gasteiger partial charge in [-0.1, -0.05) is 6.92 Å². The smallest absolute Gasteiger partial charge is 0.257 e. The van der Waals surface area contributed by atoms with Gasteiger partial charge in [-0.2, -0.15) is 0 Å². The van der Waals surface area contributed by atoms with E-state index in [0.29, 0.717) is 6.04 Å². The van der Waals surface area contributed by atoms with Crippen LogP contribution in [-0.2, 0) is 6.42 Å². The monoisotopic (exact) mass is 264 g/mol. The second kappa shape index (κ2) is 6.75. The van der Waals surface area contributed by atoms with Crippen molar-refractivity contribution < 1.29 is 9.21 Å². The van der Waals surface area contributed by atoms with Crippen molar-refractivity contribution in [1.29, 1.82) is 0 Å². The Morgan fingerprint density at radius 3 is 3.11 bits per heavy atom. The van der Waals surface area contributed by atoms with Crippen molar-refractivity contribution in [2.45, 2.75) is 45.1 Å². The first-order valence-corrected chi connectivity index (χ1v) is 7.29. The Kier molecular flexibility index (Phi) is 5.02. The predicted octanol–water partition coefficient (Wildman–Crippen LogP) is 2.45. The van der Waals surface area contributed by atoms with Gasteiger partial charge in [-0.05, 0) is 45.3 Å². The third-order valence-corrected chi connectivity index (χ3v) is 3.91. The fraction of sp³-hybridized carbons (Fsp3) is 0.667. The maximum atomic E-state index is 12.7. The van der Waals surface area contributed by atoms with Crippen molar-refractivity contribution in [2.75, 3.05) is 20.1 Å². The lowest BCUT2D eigenvalue weighted by Crippen LogP contribution is -2.44. The lowest BCUT2D eigenvalue weighted by atomic mass is 9.98. The molecule has 2 heterocycles. The Labute approximate surface area is 115 Å². The molecule has 106 valence electrons. The van der Waals surface area contributed by atoms with Gasteiger partial charge in [0, 0.05) is 19.0 Å². The number of amides is 1. The minimum Gasteiger partial charge on any atom is -0.469 e. The lowest BCUT2D eigenvalue weighted by molar-refractivity contribution is 0.0600. The van der Waals surface area contributed by atoms with E-state index >= 15 is 0 Å². The molecule has 2 rings (SSSR count). The molecule has 1 aromatic rings. The Balaban J connectivity index is 2.10. The number of carbonyl (C=O) groups is 1. The summed E-state index contributed by atoms with van der Waals surface area (Å²) in [5.41, 5.74) is 0.749. The highest BCUT2D eigenvalue weighted by Gasteiger charge is 2.28. The highest BCUT2D eigenvalue weighted by molar-refractivity contribution is 5.95. The Hall–Kier alpha value is -1.29. The molecule has 19 heavy (non-hydrogen) atoms. The van der Waals surface area contributed by atoms with Crippen molar-refractivity contribution >= 4 is 5.91 Å². The fourth-order valence-corrected chi connectivity index (χ4v) is 2.84. The summed E-state index contributed by atoms with van der Waals surface area (Å²) in [6, 6.07) is 2.18. The van der Waals surface area contributed by atoms with Gasteiger partial charge in [0.05, 0.1) is 11.8 Å². The molecule has 1 aliphatic heterocycles. The van der Waals surface area contributed by atoms with Crippen molar-refractivity contribution in [3.05, 3.63) is 23.7 Å². The molecule has 1 saturated heterocycles. The number of hydrogen-bond acceptors (Lipinski definition) is 3. The van der Waals surface area contributed by atoms with Crippen molar-refractivity contribution in [2.24, 2.45) is 0 Å². The van der Waals surface area contributed by atoms with E-state index in [0.717, 1.165) is 50.1 Å². The minimum absolute atomic E-state index is 0.145. The number of likely N-dealkylation sites (tertiary alicyclic amines) is 1. The van der Waals surface area contributed by atoms with Gasteiger partial charge in [-0.15, -0.1) is 0 Å². The molecule has 1 N–H and O–H groups in total. The first-order valence-electron chi connectivity index (χ1n) is 7.29. The van der Waals surface area contributed by atoms with Gasteiger partial charge in [0.1, 0.15) is 5.76 Å². The average Bonchev–Trinajstić information content (AvgIpc) is 2.93. The summed E-state index contributed by atoms with van der Waals surface area (Å²) < 4.78 is 5.38. The lowest BCUT2D eigenvalue weighted by Gasteiger charge is -2.36. The molecular formula is C15H24N2O2. The largest absolute Gasteiger partial charge is 0.469 e. The van der Waals surface area contributed by atoms with Gasteiger partial charge in [0.2, 0.25) is 0 Å². The summed E-state index contributed by atoms with van der Waals surface area (Å²) in [6.45, 7) is 3.85.